The van der Waals surface area contributed by atoms with Gasteiger partial charge in [0.2, 0.25) is 5.91 Å². The number of anilines is 1. The number of benzene rings is 2. The van der Waals surface area contributed by atoms with Crippen LogP contribution in [0.2, 0.25) is 5.02 Å². The Morgan fingerprint density at radius 3 is 2.60 bits per heavy atom. The van der Waals surface area contributed by atoms with E-state index < -0.39 is 23.5 Å². The van der Waals surface area contributed by atoms with Crippen LogP contribution in [0, 0.1) is 5.92 Å². The van der Waals surface area contributed by atoms with Gasteiger partial charge < -0.3 is 15.5 Å². The third-order valence-corrected chi connectivity index (χ3v) is 7.68. The molecule has 2 aromatic rings. The van der Waals surface area contributed by atoms with Crippen molar-refractivity contribution in [3.63, 3.8) is 0 Å². The van der Waals surface area contributed by atoms with Gasteiger partial charge in [0.25, 0.3) is 11.8 Å². The standard InChI is InChI=1S/C26H27ClN4O4/c1-26(24(34)29-25(35)30-26)17-8-5-10-19(14-17)28-22(32)21-13-15-6-2-3-11-20(15)31(21)23(33)16-7-4-9-18(27)12-16/h4-5,7-10,12,14-15,20-21H,2-3,6,11,13H2,1H3,(H,28,32)(H2,29,30,34,35)/t15-,20-,21-,26?/m0/s1. The first-order chi connectivity index (χ1) is 16.8. The number of likely N-dealkylation sites (tertiary alicyclic amines) is 1. The van der Waals surface area contributed by atoms with Crippen molar-refractivity contribution in [1.29, 1.82) is 0 Å². The first kappa shape index (κ1) is 23.4. The maximum Gasteiger partial charge on any atom is 0.322 e. The molecule has 35 heavy (non-hydrogen) atoms. The molecular weight excluding hydrogens is 468 g/mol. The number of imide groups is 1. The van der Waals surface area contributed by atoms with Crippen molar-refractivity contribution in [2.24, 2.45) is 5.92 Å². The van der Waals surface area contributed by atoms with Crippen LogP contribution in [-0.2, 0) is 15.1 Å². The van der Waals surface area contributed by atoms with E-state index in [1.54, 1.807) is 60.4 Å². The molecule has 182 valence electrons. The molecule has 1 unspecified atom stereocenters. The lowest BCUT2D eigenvalue weighted by Crippen LogP contribution is -2.47. The Hall–Kier alpha value is -3.39. The topological polar surface area (TPSA) is 108 Å². The summed E-state index contributed by atoms with van der Waals surface area (Å²) in [6.07, 6.45) is 4.62. The maximum atomic E-state index is 13.6. The van der Waals surface area contributed by atoms with Gasteiger partial charge in [-0.15, -0.1) is 0 Å². The van der Waals surface area contributed by atoms with Crippen LogP contribution in [0.1, 0.15) is 54.9 Å². The lowest BCUT2D eigenvalue weighted by molar-refractivity contribution is -0.123. The van der Waals surface area contributed by atoms with Crippen LogP contribution in [0.15, 0.2) is 48.5 Å². The highest BCUT2D eigenvalue weighted by molar-refractivity contribution is 6.31. The molecule has 2 saturated heterocycles. The molecule has 0 radical (unpaired) electrons. The molecular formula is C26H27ClN4O4. The molecule has 3 N–H and O–H groups in total. The SMILES string of the molecule is CC1(c2cccc(NC(=O)[C@@H]3C[C@@H]4CCCC[C@@H]4N3C(=O)c3cccc(Cl)c3)c2)NC(=O)NC1=O. The van der Waals surface area contributed by atoms with E-state index in [4.69, 9.17) is 11.6 Å². The Labute approximate surface area is 208 Å². The van der Waals surface area contributed by atoms with Gasteiger partial charge in [-0.25, -0.2) is 4.79 Å². The summed E-state index contributed by atoms with van der Waals surface area (Å²) in [5.41, 5.74) is 0.284. The second-order valence-corrected chi connectivity index (χ2v) is 10.1. The number of carbonyl (C=O) groups is 4. The van der Waals surface area contributed by atoms with E-state index in [1.165, 1.54) is 0 Å². The molecule has 0 bridgehead atoms. The molecule has 8 nitrogen and oxygen atoms in total. The van der Waals surface area contributed by atoms with E-state index in [0.29, 0.717) is 28.3 Å². The van der Waals surface area contributed by atoms with Crippen LogP contribution in [0.3, 0.4) is 0 Å². The maximum absolute atomic E-state index is 13.6. The smallest absolute Gasteiger partial charge is 0.322 e. The molecule has 0 spiro atoms. The summed E-state index contributed by atoms with van der Waals surface area (Å²) in [5.74, 6) is -0.625. The van der Waals surface area contributed by atoms with Crippen molar-refractivity contribution in [3.8, 4) is 0 Å². The van der Waals surface area contributed by atoms with E-state index in [2.05, 4.69) is 16.0 Å². The number of nitrogens with zero attached hydrogens (tertiary/aromatic N) is 1. The Morgan fingerprint density at radius 1 is 1.09 bits per heavy atom. The van der Waals surface area contributed by atoms with Crippen molar-refractivity contribution in [1.82, 2.24) is 15.5 Å². The average molecular weight is 495 g/mol. The van der Waals surface area contributed by atoms with E-state index in [0.717, 1.165) is 25.7 Å². The van der Waals surface area contributed by atoms with Gasteiger partial charge in [0.1, 0.15) is 11.6 Å². The summed E-state index contributed by atoms with van der Waals surface area (Å²) in [5, 5.41) is 8.30. The normalized spacial score (nSPS) is 27.7. The third kappa shape index (κ3) is 4.27. The van der Waals surface area contributed by atoms with Crippen LogP contribution in [0.25, 0.3) is 0 Å². The van der Waals surface area contributed by atoms with E-state index in [1.807, 2.05) is 0 Å². The number of amides is 5. The van der Waals surface area contributed by atoms with E-state index in [-0.39, 0.29) is 23.8 Å². The lowest BCUT2D eigenvalue weighted by atomic mass is 9.84. The van der Waals surface area contributed by atoms with Crippen LogP contribution in [0.5, 0.6) is 0 Å². The van der Waals surface area contributed by atoms with Gasteiger partial charge >= 0.3 is 6.03 Å². The molecule has 4 atom stereocenters. The highest BCUT2D eigenvalue weighted by Gasteiger charge is 2.48. The Balaban J connectivity index is 1.40. The molecule has 3 aliphatic rings. The minimum atomic E-state index is -1.23. The highest BCUT2D eigenvalue weighted by Crippen LogP contribution is 2.41. The van der Waals surface area contributed by atoms with Crippen molar-refractivity contribution in [2.75, 3.05) is 5.32 Å². The zero-order valence-electron chi connectivity index (χ0n) is 19.3. The first-order valence-electron chi connectivity index (χ1n) is 11.9. The number of halogens is 1. The minimum Gasteiger partial charge on any atom is -0.324 e. The number of carbonyl (C=O) groups excluding carboxylic acids is 4. The van der Waals surface area contributed by atoms with Gasteiger partial charge in [-0.1, -0.05) is 42.6 Å². The summed E-state index contributed by atoms with van der Waals surface area (Å²) in [4.78, 5) is 52.8. The number of fused-ring (bicyclic) bond motifs is 1. The zero-order valence-corrected chi connectivity index (χ0v) is 20.1. The summed E-state index contributed by atoms with van der Waals surface area (Å²) < 4.78 is 0. The fourth-order valence-electron chi connectivity index (χ4n) is 5.64. The number of urea groups is 1. The van der Waals surface area contributed by atoms with Crippen molar-refractivity contribution < 1.29 is 19.2 Å². The van der Waals surface area contributed by atoms with Crippen molar-refractivity contribution in [2.45, 2.75) is 56.7 Å². The fourth-order valence-corrected chi connectivity index (χ4v) is 5.83. The molecule has 1 saturated carbocycles. The molecule has 2 aliphatic heterocycles. The quantitative estimate of drug-likeness (QED) is 0.562. The highest BCUT2D eigenvalue weighted by atomic mass is 35.5. The van der Waals surface area contributed by atoms with Crippen molar-refractivity contribution in [3.05, 3.63) is 64.7 Å². The number of hydrogen-bond acceptors (Lipinski definition) is 4. The van der Waals surface area contributed by atoms with E-state index in [9.17, 15) is 19.2 Å². The third-order valence-electron chi connectivity index (χ3n) is 7.45. The van der Waals surface area contributed by atoms with Gasteiger partial charge in [-0.3, -0.25) is 19.7 Å². The van der Waals surface area contributed by atoms with Gasteiger partial charge in [0.05, 0.1) is 0 Å². The van der Waals surface area contributed by atoms with Gasteiger partial charge in [0, 0.05) is 22.3 Å². The summed E-state index contributed by atoms with van der Waals surface area (Å²) in [6, 6.07) is 12.5. The predicted molar refractivity (Wildman–Crippen MR) is 131 cm³/mol. The molecule has 2 heterocycles. The van der Waals surface area contributed by atoms with Crippen LogP contribution in [-0.4, -0.2) is 40.7 Å². The zero-order chi connectivity index (χ0) is 24.7. The molecule has 1 aliphatic carbocycles. The van der Waals surface area contributed by atoms with Crippen molar-refractivity contribution >= 4 is 41.0 Å². The molecule has 3 fully saturated rings. The second kappa shape index (κ2) is 9.00. The first-order valence-corrected chi connectivity index (χ1v) is 12.3. The van der Waals surface area contributed by atoms with Gasteiger partial charge in [0.15, 0.2) is 0 Å². The van der Waals surface area contributed by atoms with Gasteiger partial charge in [-0.05, 0) is 68.0 Å². The van der Waals surface area contributed by atoms with Crippen LogP contribution in [0.4, 0.5) is 10.5 Å². The Bertz CT molecular complexity index is 1220. The summed E-state index contributed by atoms with van der Waals surface area (Å²) >= 11 is 6.13. The number of nitrogens with one attached hydrogen (secondary N) is 3. The van der Waals surface area contributed by atoms with Crippen LogP contribution >= 0.6 is 11.6 Å². The molecule has 5 rings (SSSR count). The average Bonchev–Trinajstić information content (AvgIpc) is 3.35. The Kier molecular flexibility index (Phi) is 6.01. The molecule has 5 amide bonds. The summed E-state index contributed by atoms with van der Waals surface area (Å²) in [7, 11) is 0. The Morgan fingerprint density at radius 2 is 1.86 bits per heavy atom. The molecule has 9 heteroatoms. The lowest BCUT2D eigenvalue weighted by Gasteiger charge is -2.33. The number of hydrogen-bond donors (Lipinski definition) is 3. The summed E-state index contributed by atoms with van der Waals surface area (Å²) in [6.45, 7) is 1.61. The minimum absolute atomic E-state index is 0.0219. The monoisotopic (exact) mass is 494 g/mol. The predicted octanol–water partition coefficient (Wildman–Crippen LogP) is 3.81. The molecule has 2 aromatic carbocycles. The van der Waals surface area contributed by atoms with Crippen LogP contribution < -0.4 is 16.0 Å². The fraction of sp³-hybridized carbons (Fsp3) is 0.385. The number of rotatable bonds is 4. The van der Waals surface area contributed by atoms with E-state index >= 15 is 0 Å². The van der Waals surface area contributed by atoms with Gasteiger partial charge in [-0.2, -0.15) is 0 Å². The second-order valence-electron chi connectivity index (χ2n) is 9.69. The largest absolute Gasteiger partial charge is 0.324 e. The molecule has 0 aromatic heterocycles.